The van der Waals surface area contributed by atoms with E-state index in [1.165, 1.54) is 6.42 Å². The summed E-state index contributed by atoms with van der Waals surface area (Å²) in [7, 11) is 0. The van der Waals surface area contributed by atoms with Gasteiger partial charge in [-0.2, -0.15) is 0 Å². The fourth-order valence-corrected chi connectivity index (χ4v) is 3.11. The fourth-order valence-electron chi connectivity index (χ4n) is 3.11. The van der Waals surface area contributed by atoms with E-state index in [4.69, 9.17) is 0 Å². The van der Waals surface area contributed by atoms with Gasteiger partial charge in [0.05, 0.1) is 6.04 Å². The van der Waals surface area contributed by atoms with Gasteiger partial charge in [0.2, 0.25) is 0 Å². The molecule has 0 radical (unpaired) electrons. The minimum absolute atomic E-state index is 0.0483. The molecule has 21 heavy (non-hydrogen) atoms. The summed E-state index contributed by atoms with van der Waals surface area (Å²) in [5.41, 5.74) is 3.16. The number of hydrogen-bond acceptors (Lipinski definition) is 1. The summed E-state index contributed by atoms with van der Waals surface area (Å²) in [6.07, 6.45) is 3.47. The molecule has 0 saturated heterocycles. The molecule has 0 aliphatic heterocycles. The lowest BCUT2D eigenvalue weighted by molar-refractivity contribution is 0.283. The minimum Gasteiger partial charge on any atom is -0.286 e. The highest BCUT2D eigenvalue weighted by Gasteiger charge is 2.26. The van der Waals surface area contributed by atoms with Gasteiger partial charge in [0.15, 0.2) is 0 Å². The van der Waals surface area contributed by atoms with Crippen molar-refractivity contribution in [3.63, 3.8) is 0 Å². The van der Waals surface area contributed by atoms with Gasteiger partial charge in [0.25, 0.3) is 5.56 Å². The van der Waals surface area contributed by atoms with E-state index in [-0.39, 0.29) is 17.3 Å². The predicted octanol–water partition coefficient (Wildman–Crippen LogP) is 3.81. The molecule has 0 spiro atoms. The van der Waals surface area contributed by atoms with Gasteiger partial charge in [0.1, 0.15) is 5.82 Å². The van der Waals surface area contributed by atoms with Crippen LogP contribution in [0.15, 0.2) is 23.0 Å². The first kappa shape index (κ1) is 14.1. The summed E-state index contributed by atoms with van der Waals surface area (Å²) in [6, 6.07) is 5.64. The first-order valence-electron chi connectivity index (χ1n) is 7.56. The summed E-state index contributed by atoms with van der Waals surface area (Å²) in [6.45, 7) is 5.69. The number of hydrogen-bond donors (Lipinski definition) is 1. The zero-order valence-electron chi connectivity index (χ0n) is 12.7. The summed E-state index contributed by atoms with van der Waals surface area (Å²) < 4.78 is 15.8. The lowest BCUT2D eigenvalue weighted by atomic mass is 9.91. The largest absolute Gasteiger partial charge is 0.286 e. The predicted molar refractivity (Wildman–Crippen MR) is 81.3 cm³/mol. The van der Waals surface area contributed by atoms with Crippen molar-refractivity contribution >= 4 is 0 Å². The van der Waals surface area contributed by atoms with E-state index in [1.807, 2.05) is 24.6 Å². The third-order valence-corrected chi connectivity index (χ3v) is 4.79. The molecule has 1 aromatic heterocycles. The summed E-state index contributed by atoms with van der Waals surface area (Å²) >= 11 is 0. The summed E-state index contributed by atoms with van der Waals surface area (Å²) in [4.78, 5) is 12.3. The van der Waals surface area contributed by atoms with Gasteiger partial charge in [-0.15, -0.1) is 0 Å². The van der Waals surface area contributed by atoms with Gasteiger partial charge in [-0.1, -0.05) is 19.1 Å². The average Bonchev–Trinajstić information content (AvgIpc) is 2.66. The Morgan fingerprint density at radius 2 is 2.05 bits per heavy atom. The molecule has 1 aliphatic carbocycles. The highest BCUT2D eigenvalue weighted by atomic mass is 19.1. The molecule has 1 saturated carbocycles. The standard InChI is InChI=1S/C17H21FN2O/c1-10-7-8-13(9-15(10)18)11(2)16-12(3)20(19-17(16)21)14-5-4-6-14/h7-9,11,14H,4-6H2,1-3H3,(H,19,21). The Bertz CT molecular complexity index is 725. The molecule has 3 nitrogen and oxygen atoms in total. The molecule has 1 aromatic carbocycles. The van der Waals surface area contributed by atoms with E-state index in [1.54, 1.807) is 19.1 Å². The second-order valence-corrected chi connectivity index (χ2v) is 6.13. The van der Waals surface area contributed by atoms with Crippen LogP contribution in [0.25, 0.3) is 0 Å². The topological polar surface area (TPSA) is 37.8 Å². The van der Waals surface area contributed by atoms with Crippen molar-refractivity contribution in [2.24, 2.45) is 0 Å². The van der Waals surface area contributed by atoms with Gasteiger partial charge in [-0.25, -0.2) is 4.39 Å². The van der Waals surface area contributed by atoms with Crippen molar-refractivity contribution in [1.29, 1.82) is 0 Å². The van der Waals surface area contributed by atoms with Gasteiger partial charge in [0, 0.05) is 17.2 Å². The third-order valence-electron chi connectivity index (χ3n) is 4.79. The maximum Gasteiger partial charge on any atom is 0.268 e. The summed E-state index contributed by atoms with van der Waals surface area (Å²) in [5, 5.41) is 2.96. The number of aromatic amines is 1. The Morgan fingerprint density at radius 3 is 2.62 bits per heavy atom. The van der Waals surface area contributed by atoms with E-state index in [9.17, 15) is 9.18 Å². The van der Waals surface area contributed by atoms with Crippen LogP contribution >= 0.6 is 0 Å². The van der Waals surface area contributed by atoms with Crippen LogP contribution in [0.1, 0.15) is 60.5 Å². The van der Waals surface area contributed by atoms with Crippen molar-refractivity contribution in [1.82, 2.24) is 9.78 Å². The SMILES string of the molecule is Cc1ccc(C(C)c2c(C)n(C3CCC3)[nH]c2=O)cc1F. The lowest BCUT2D eigenvalue weighted by Gasteiger charge is -2.28. The lowest BCUT2D eigenvalue weighted by Crippen LogP contribution is -2.20. The number of H-pyrrole nitrogens is 1. The number of aryl methyl sites for hydroxylation is 1. The van der Waals surface area contributed by atoms with Crippen LogP contribution in [0.5, 0.6) is 0 Å². The Balaban J connectivity index is 2.01. The minimum atomic E-state index is -0.216. The molecule has 1 heterocycles. The van der Waals surface area contributed by atoms with Crippen molar-refractivity contribution < 1.29 is 4.39 Å². The van der Waals surface area contributed by atoms with Crippen molar-refractivity contribution in [3.05, 3.63) is 56.8 Å². The van der Waals surface area contributed by atoms with Gasteiger partial charge in [-0.3, -0.25) is 14.6 Å². The second-order valence-electron chi connectivity index (χ2n) is 6.13. The molecule has 1 N–H and O–H groups in total. The van der Waals surface area contributed by atoms with Crippen LogP contribution in [-0.4, -0.2) is 9.78 Å². The smallest absolute Gasteiger partial charge is 0.268 e. The highest BCUT2D eigenvalue weighted by Crippen LogP contribution is 2.33. The van der Waals surface area contributed by atoms with E-state index in [2.05, 4.69) is 5.10 Å². The Hall–Kier alpha value is -1.84. The first-order chi connectivity index (χ1) is 9.99. The number of nitrogens with one attached hydrogen (secondary N) is 1. The molecule has 1 atom stereocenters. The quantitative estimate of drug-likeness (QED) is 0.916. The molecule has 1 aliphatic rings. The monoisotopic (exact) mass is 288 g/mol. The van der Waals surface area contributed by atoms with Gasteiger partial charge < -0.3 is 0 Å². The number of nitrogens with zero attached hydrogens (tertiary/aromatic N) is 1. The number of rotatable bonds is 3. The number of halogens is 1. The van der Waals surface area contributed by atoms with E-state index in [0.29, 0.717) is 11.6 Å². The highest BCUT2D eigenvalue weighted by molar-refractivity contribution is 5.35. The average molecular weight is 288 g/mol. The zero-order valence-corrected chi connectivity index (χ0v) is 12.7. The van der Waals surface area contributed by atoms with Crippen LogP contribution in [0.4, 0.5) is 4.39 Å². The first-order valence-corrected chi connectivity index (χ1v) is 7.56. The van der Waals surface area contributed by atoms with Crippen LogP contribution < -0.4 is 5.56 Å². The molecule has 1 fully saturated rings. The second kappa shape index (κ2) is 5.17. The molecule has 3 rings (SSSR count). The van der Waals surface area contributed by atoms with E-state index >= 15 is 0 Å². The number of aromatic nitrogens is 2. The van der Waals surface area contributed by atoms with Crippen LogP contribution in [0, 0.1) is 19.7 Å². The van der Waals surface area contributed by atoms with Crippen LogP contribution in [0.2, 0.25) is 0 Å². The van der Waals surface area contributed by atoms with Gasteiger partial charge >= 0.3 is 0 Å². The Labute approximate surface area is 123 Å². The molecule has 0 bridgehead atoms. The van der Waals surface area contributed by atoms with Crippen molar-refractivity contribution in [2.75, 3.05) is 0 Å². The molecular weight excluding hydrogens is 267 g/mol. The summed E-state index contributed by atoms with van der Waals surface area (Å²) in [5.74, 6) is -0.322. The molecule has 2 aromatic rings. The van der Waals surface area contributed by atoms with E-state index in [0.717, 1.165) is 29.7 Å². The van der Waals surface area contributed by atoms with E-state index < -0.39 is 0 Å². The third kappa shape index (κ3) is 2.33. The Kier molecular flexibility index (Phi) is 3.47. The fraction of sp³-hybridized carbons (Fsp3) is 0.471. The molecule has 0 amide bonds. The van der Waals surface area contributed by atoms with Gasteiger partial charge in [-0.05, 0) is 50.3 Å². The van der Waals surface area contributed by atoms with Crippen LogP contribution in [-0.2, 0) is 0 Å². The zero-order chi connectivity index (χ0) is 15.1. The van der Waals surface area contributed by atoms with Crippen LogP contribution in [0.3, 0.4) is 0 Å². The molecule has 1 unspecified atom stereocenters. The molecular formula is C17H21FN2O. The van der Waals surface area contributed by atoms with Crippen molar-refractivity contribution in [2.45, 2.75) is 52.0 Å². The molecule has 112 valence electrons. The normalized spacial score (nSPS) is 16.8. The maximum absolute atomic E-state index is 13.8. The van der Waals surface area contributed by atoms with Crippen molar-refractivity contribution in [3.8, 4) is 0 Å². The molecule has 4 heteroatoms. The number of benzene rings is 1. The Morgan fingerprint density at radius 1 is 1.33 bits per heavy atom. The maximum atomic E-state index is 13.8.